The van der Waals surface area contributed by atoms with E-state index in [2.05, 4.69) is 26.3 Å². The first-order valence-corrected chi connectivity index (χ1v) is 7.75. The summed E-state index contributed by atoms with van der Waals surface area (Å²) < 4.78 is -0.437. The minimum Gasteiger partial charge on any atom is -0.338 e. The Bertz CT molecular complexity index is 661. The van der Waals surface area contributed by atoms with Gasteiger partial charge in [0.1, 0.15) is 18.8 Å². The third-order valence-electron chi connectivity index (χ3n) is 2.56. The number of hydrogen-bond donors (Lipinski definition) is 3. The highest BCUT2D eigenvalue weighted by molar-refractivity contribution is 7.80. The molecule has 23 heavy (non-hydrogen) atoms. The molecule has 0 aliphatic carbocycles. The van der Waals surface area contributed by atoms with E-state index in [0.717, 1.165) is 0 Å². The molecule has 2 rings (SSSR count). The highest BCUT2D eigenvalue weighted by atomic mass is 35.6. The molecule has 0 radical (unpaired) electrons. The van der Waals surface area contributed by atoms with E-state index in [-0.39, 0.29) is 5.11 Å². The molecule has 11 heteroatoms. The molecular formula is C12H11Cl3N6OS. The first-order valence-electron chi connectivity index (χ1n) is 6.21. The molecule has 1 heterocycles. The first-order chi connectivity index (χ1) is 10.9. The number of nitrogens with one attached hydrogen (secondary N) is 3. The molecule has 122 valence electrons. The quantitative estimate of drug-likeness (QED) is 0.417. The average molecular weight is 394 g/mol. The van der Waals surface area contributed by atoms with Crippen molar-refractivity contribution in [1.29, 1.82) is 0 Å². The maximum absolute atomic E-state index is 12.2. The molecule has 0 fully saturated rings. The Morgan fingerprint density at radius 3 is 2.30 bits per heavy atom. The molecule has 0 bridgehead atoms. The Hall–Kier alpha value is -1.61. The molecular weight excluding hydrogens is 383 g/mol. The Kier molecular flexibility index (Phi) is 6.00. The van der Waals surface area contributed by atoms with Gasteiger partial charge in [0.2, 0.25) is 3.79 Å². The molecule has 1 aromatic carbocycles. The summed E-state index contributed by atoms with van der Waals surface area (Å²) in [7, 11) is 0. The molecule has 1 amide bonds. The molecule has 7 nitrogen and oxygen atoms in total. The number of rotatable bonds is 4. The molecule has 0 saturated carbocycles. The fourth-order valence-electron chi connectivity index (χ4n) is 1.54. The highest BCUT2D eigenvalue weighted by Crippen LogP contribution is 2.29. The Balaban J connectivity index is 2.02. The van der Waals surface area contributed by atoms with Gasteiger partial charge < -0.3 is 10.6 Å². The summed E-state index contributed by atoms with van der Waals surface area (Å²) >= 11 is 22.8. The number of nitrogens with zero attached hydrogens (tertiary/aromatic N) is 3. The van der Waals surface area contributed by atoms with Gasteiger partial charge in [0.25, 0.3) is 5.91 Å². The van der Waals surface area contributed by atoms with Crippen LogP contribution in [0.25, 0.3) is 0 Å². The Labute approximate surface area is 152 Å². The van der Waals surface area contributed by atoms with Crippen molar-refractivity contribution in [3.63, 3.8) is 0 Å². The van der Waals surface area contributed by atoms with Crippen LogP contribution in [0.4, 0.5) is 0 Å². The minimum atomic E-state index is -1.83. The molecule has 0 aliphatic heterocycles. The second-order valence-corrected chi connectivity index (χ2v) is 7.05. The smallest absolute Gasteiger partial charge is 0.252 e. The van der Waals surface area contributed by atoms with E-state index in [1.165, 1.54) is 17.3 Å². The summed E-state index contributed by atoms with van der Waals surface area (Å²) in [6.07, 6.45) is 1.72. The van der Waals surface area contributed by atoms with E-state index in [1.54, 1.807) is 30.3 Å². The largest absolute Gasteiger partial charge is 0.338 e. The van der Waals surface area contributed by atoms with E-state index in [9.17, 15) is 4.79 Å². The molecule has 3 N–H and O–H groups in total. The molecule has 0 saturated heterocycles. The third kappa shape index (κ3) is 5.51. The average Bonchev–Trinajstić information content (AvgIpc) is 2.99. The number of alkyl halides is 3. The van der Waals surface area contributed by atoms with E-state index in [0.29, 0.717) is 5.56 Å². The van der Waals surface area contributed by atoms with Gasteiger partial charge in [-0.15, -0.1) is 10.2 Å². The number of aromatic nitrogens is 3. The van der Waals surface area contributed by atoms with Gasteiger partial charge in [-0.25, -0.2) is 4.68 Å². The zero-order valence-electron chi connectivity index (χ0n) is 11.4. The van der Waals surface area contributed by atoms with Crippen molar-refractivity contribution in [2.24, 2.45) is 0 Å². The lowest BCUT2D eigenvalue weighted by Crippen LogP contribution is -2.56. The van der Waals surface area contributed by atoms with Crippen molar-refractivity contribution in [1.82, 2.24) is 25.5 Å². The first kappa shape index (κ1) is 17.7. The summed E-state index contributed by atoms with van der Waals surface area (Å²) in [5.41, 5.74) is 3.14. The molecule has 1 atom stereocenters. The lowest BCUT2D eigenvalue weighted by atomic mass is 10.2. The fraction of sp³-hybridized carbons (Fsp3) is 0.167. The van der Waals surface area contributed by atoms with Crippen molar-refractivity contribution >= 4 is 58.0 Å². The SMILES string of the molecule is O=C(N[C@@H](NC(=S)Nn1cnnc1)C(Cl)(Cl)Cl)c1ccccc1. The van der Waals surface area contributed by atoms with E-state index < -0.39 is 15.9 Å². The van der Waals surface area contributed by atoms with Crippen LogP contribution in [0.15, 0.2) is 43.0 Å². The highest BCUT2D eigenvalue weighted by Gasteiger charge is 2.34. The Morgan fingerprint density at radius 1 is 1.13 bits per heavy atom. The van der Waals surface area contributed by atoms with Crippen LogP contribution in [0.3, 0.4) is 0 Å². The van der Waals surface area contributed by atoms with Crippen LogP contribution < -0.4 is 16.1 Å². The zero-order valence-corrected chi connectivity index (χ0v) is 14.5. The van der Waals surface area contributed by atoms with E-state index >= 15 is 0 Å². The number of carbonyl (C=O) groups is 1. The monoisotopic (exact) mass is 392 g/mol. The number of amides is 1. The van der Waals surface area contributed by atoms with Crippen molar-refractivity contribution < 1.29 is 4.79 Å². The van der Waals surface area contributed by atoms with Crippen molar-refractivity contribution in [3.05, 3.63) is 48.5 Å². The fourth-order valence-corrected chi connectivity index (χ4v) is 2.09. The topological polar surface area (TPSA) is 83.9 Å². The molecule has 1 aromatic heterocycles. The summed E-state index contributed by atoms with van der Waals surface area (Å²) in [6.45, 7) is 0. The minimum absolute atomic E-state index is 0.106. The van der Waals surface area contributed by atoms with Gasteiger partial charge in [-0.05, 0) is 24.4 Å². The summed E-state index contributed by atoms with van der Waals surface area (Å²) in [5, 5.41) is 12.6. The summed E-state index contributed by atoms with van der Waals surface area (Å²) in [4.78, 5) is 12.2. The number of thiocarbonyl (C=S) groups is 1. The maximum atomic E-state index is 12.2. The van der Waals surface area contributed by atoms with Gasteiger partial charge in [-0.3, -0.25) is 10.2 Å². The maximum Gasteiger partial charge on any atom is 0.252 e. The summed E-state index contributed by atoms with van der Waals surface area (Å²) in [5.74, 6) is -0.415. The van der Waals surface area contributed by atoms with Gasteiger partial charge >= 0.3 is 0 Å². The zero-order chi connectivity index (χ0) is 16.9. The second-order valence-electron chi connectivity index (χ2n) is 4.27. The normalized spacial score (nSPS) is 12.3. The van der Waals surface area contributed by atoms with Gasteiger partial charge in [-0.1, -0.05) is 53.0 Å². The molecule has 0 aliphatic rings. The van der Waals surface area contributed by atoms with Crippen molar-refractivity contribution in [2.45, 2.75) is 9.96 Å². The second kappa shape index (κ2) is 7.78. The Morgan fingerprint density at radius 2 is 1.74 bits per heavy atom. The van der Waals surface area contributed by atoms with Gasteiger partial charge in [0, 0.05) is 5.56 Å². The van der Waals surface area contributed by atoms with Crippen LogP contribution in [0.2, 0.25) is 0 Å². The van der Waals surface area contributed by atoms with Crippen LogP contribution >= 0.6 is 47.0 Å². The number of benzene rings is 1. The van der Waals surface area contributed by atoms with E-state index in [1.807, 2.05) is 0 Å². The van der Waals surface area contributed by atoms with Gasteiger partial charge in [0.15, 0.2) is 5.11 Å². The molecule has 0 spiro atoms. The van der Waals surface area contributed by atoms with Crippen LogP contribution in [0.1, 0.15) is 10.4 Å². The lowest BCUT2D eigenvalue weighted by molar-refractivity contribution is 0.0934. The summed E-state index contributed by atoms with van der Waals surface area (Å²) in [6, 6.07) is 8.52. The number of halogens is 3. The number of hydrogen-bond acceptors (Lipinski definition) is 4. The lowest BCUT2D eigenvalue weighted by Gasteiger charge is -2.27. The molecule has 2 aromatic rings. The van der Waals surface area contributed by atoms with Crippen LogP contribution in [0.5, 0.6) is 0 Å². The van der Waals surface area contributed by atoms with Crippen LogP contribution in [-0.2, 0) is 0 Å². The van der Waals surface area contributed by atoms with Crippen molar-refractivity contribution in [3.8, 4) is 0 Å². The third-order valence-corrected chi connectivity index (χ3v) is 3.43. The van der Waals surface area contributed by atoms with Gasteiger partial charge in [-0.2, -0.15) is 0 Å². The van der Waals surface area contributed by atoms with Crippen LogP contribution in [-0.4, -0.2) is 35.9 Å². The molecule has 0 unspecified atom stereocenters. The van der Waals surface area contributed by atoms with E-state index in [4.69, 9.17) is 47.0 Å². The van der Waals surface area contributed by atoms with Crippen molar-refractivity contribution in [2.75, 3.05) is 5.43 Å². The van der Waals surface area contributed by atoms with Gasteiger partial charge in [0.05, 0.1) is 0 Å². The number of carbonyl (C=O) groups excluding carboxylic acids is 1. The van der Waals surface area contributed by atoms with Crippen LogP contribution in [0, 0.1) is 0 Å². The standard InChI is InChI=1S/C12H11Cl3N6OS/c13-12(14,15)10(18-9(22)8-4-2-1-3-5-8)19-11(23)20-21-6-16-17-7-21/h1-7,10H,(H,18,22)(H2,19,20,23)/t10-/m0/s1. The predicted molar refractivity (Wildman–Crippen MR) is 93.1 cm³/mol. The predicted octanol–water partition coefficient (Wildman–Crippen LogP) is 1.82.